The SMILES string of the molecule is COc1cc2c(cc1OC)-c1cc(-c3cc(C)n(-c4ccccc4)c3C)c(C#N)c(=N)n1CC2. The van der Waals surface area contributed by atoms with Gasteiger partial charge in [-0.1, -0.05) is 18.2 Å². The number of nitriles is 1. The molecule has 34 heavy (non-hydrogen) atoms. The lowest BCUT2D eigenvalue weighted by molar-refractivity contribution is 0.354. The van der Waals surface area contributed by atoms with Gasteiger partial charge in [-0.2, -0.15) is 5.26 Å². The number of aromatic nitrogens is 2. The van der Waals surface area contributed by atoms with E-state index < -0.39 is 0 Å². The summed E-state index contributed by atoms with van der Waals surface area (Å²) >= 11 is 0. The maximum absolute atomic E-state index is 10.1. The molecule has 2 aromatic heterocycles. The van der Waals surface area contributed by atoms with Crippen LogP contribution in [0.2, 0.25) is 0 Å². The number of aryl methyl sites for hydroxylation is 2. The van der Waals surface area contributed by atoms with Gasteiger partial charge < -0.3 is 18.6 Å². The fraction of sp³-hybridized carbons (Fsp3) is 0.214. The quantitative estimate of drug-likeness (QED) is 0.467. The molecule has 0 aliphatic carbocycles. The van der Waals surface area contributed by atoms with Gasteiger partial charge in [0.15, 0.2) is 11.5 Å². The minimum absolute atomic E-state index is 0.236. The zero-order chi connectivity index (χ0) is 24.0. The first-order valence-electron chi connectivity index (χ1n) is 11.2. The number of rotatable bonds is 4. The highest BCUT2D eigenvalue weighted by Crippen LogP contribution is 2.40. The average Bonchev–Trinajstić information content (AvgIpc) is 3.16. The number of hydrogen-bond acceptors (Lipinski definition) is 4. The summed E-state index contributed by atoms with van der Waals surface area (Å²) in [7, 11) is 3.26. The number of methoxy groups -OCH3 is 2. The summed E-state index contributed by atoms with van der Waals surface area (Å²) in [5.41, 5.74) is 8.59. The molecule has 1 aliphatic heterocycles. The van der Waals surface area contributed by atoms with Crippen LogP contribution in [0, 0.1) is 30.6 Å². The molecule has 2 aromatic carbocycles. The molecule has 0 unspecified atom stereocenters. The molecule has 0 saturated heterocycles. The van der Waals surface area contributed by atoms with Crippen LogP contribution in [-0.4, -0.2) is 23.4 Å². The molecule has 3 heterocycles. The van der Waals surface area contributed by atoms with E-state index in [0.29, 0.717) is 23.6 Å². The van der Waals surface area contributed by atoms with Gasteiger partial charge in [0.2, 0.25) is 0 Å². The Hall–Kier alpha value is -4.24. The highest BCUT2D eigenvalue weighted by atomic mass is 16.5. The van der Waals surface area contributed by atoms with Crippen LogP contribution in [0.1, 0.15) is 22.5 Å². The minimum atomic E-state index is 0.236. The van der Waals surface area contributed by atoms with Gasteiger partial charge in [0.25, 0.3) is 0 Å². The van der Waals surface area contributed by atoms with Gasteiger partial charge in [0, 0.05) is 40.3 Å². The maximum atomic E-state index is 10.1. The van der Waals surface area contributed by atoms with Gasteiger partial charge in [0.05, 0.1) is 19.9 Å². The summed E-state index contributed by atoms with van der Waals surface area (Å²) in [4.78, 5) is 0. The van der Waals surface area contributed by atoms with E-state index in [9.17, 15) is 5.26 Å². The molecule has 0 amide bonds. The van der Waals surface area contributed by atoms with E-state index in [1.54, 1.807) is 14.2 Å². The second-order valence-corrected chi connectivity index (χ2v) is 8.50. The topological polar surface area (TPSA) is 76.0 Å². The summed E-state index contributed by atoms with van der Waals surface area (Å²) in [5.74, 6) is 1.34. The number of pyridine rings is 1. The Morgan fingerprint density at radius 1 is 0.912 bits per heavy atom. The molecule has 0 bridgehead atoms. The summed E-state index contributed by atoms with van der Waals surface area (Å²) < 4.78 is 15.2. The highest BCUT2D eigenvalue weighted by molar-refractivity contribution is 5.80. The van der Waals surface area contributed by atoms with Crippen LogP contribution in [-0.2, 0) is 13.0 Å². The van der Waals surface area contributed by atoms with Crippen molar-refractivity contribution in [1.82, 2.24) is 9.13 Å². The molecular formula is C28H26N4O2. The minimum Gasteiger partial charge on any atom is -0.493 e. The zero-order valence-electron chi connectivity index (χ0n) is 19.8. The van der Waals surface area contributed by atoms with Gasteiger partial charge in [-0.15, -0.1) is 0 Å². The Morgan fingerprint density at radius 2 is 1.62 bits per heavy atom. The Morgan fingerprint density at radius 3 is 2.29 bits per heavy atom. The summed E-state index contributed by atoms with van der Waals surface area (Å²) in [6.07, 6.45) is 0.756. The summed E-state index contributed by atoms with van der Waals surface area (Å²) in [6, 6.07) is 20.6. The second kappa shape index (κ2) is 8.27. The van der Waals surface area contributed by atoms with Gasteiger partial charge >= 0.3 is 0 Å². The van der Waals surface area contributed by atoms with E-state index in [4.69, 9.17) is 14.9 Å². The van der Waals surface area contributed by atoms with Crippen molar-refractivity contribution in [2.75, 3.05) is 14.2 Å². The first-order valence-corrected chi connectivity index (χ1v) is 11.2. The number of para-hydroxylation sites is 1. The smallest absolute Gasteiger partial charge is 0.161 e. The molecule has 0 saturated carbocycles. The van der Waals surface area contributed by atoms with E-state index in [1.807, 2.05) is 34.9 Å². The predicted molar refractivity (Wildman–Crippen MR) is 131 cm³/mol. The lowest BCUT2D eigenvalue weighted by Crippen LogP contribution is -2.29. The normalized spacial score (nSPS) is 12.0. The van der Waals surface area contributed by atoms with Crippen LogP contribution in [0.5, 0.6) is 11.5 Å². The first-order chi connectivity index (χ1) is 16.5. The van der Waals surface area contributed by atoms with Crippen molar-refractivity contribution in [3.8, 4) is 45.6 Å². The number of ether oxygens (including phenoxy) is 2. The number of benzene rings is 2. The molecule has 0 radical (unpaired) electrons. The zero-order valence-corrected chi connectivity index (χ0v) is 19.8. The monoisotopic (exact) mass is 450 g/mol. The van der Waals surface area contributed by atoms with Crippen LogP contribution in [0.3, 0.4) is 0 Å². The van der Waals surface area contributed by atoms with Crippen molar-refractivity contribution >= 4 is 0 Å². The van der Waals surface area contributed by atoms with E-state index in [0.717, 1.165) is 51.4 Å². The van der Waals surface area contributed by atoms with Gasteiger partial charge in [-0.25, -0.2) is 0 Å². The molecule has 6 nitrogen and oxygen atoms in total. The van der Waals surface area contributed by atoms with Gasteiger partial charge in [-0.05, 0) is 62.2 Å². The highest BCUT2D eigenvalue weighted by Gasteiger charge is 2.24. The molecular weight excluding hydrogens is 424 g/mol. The molecule has 1 aliphatic rings. The van der Waals surface area contributed by atoms with E-state index >= 15 is 0 Å². The van der Waals surface area contributed by atoms with Crippen molar-refractivity contribution in [1.29, 1.82) is 10.7 Å². The molecule has 170 valence electrons. The lowest BCUT2D eigenvalue weighted by atomic mass is 9.92. The Balaban J connectivity index is 1.77. The molecule has 5 rings (SSSR count). The van der Waals surface area contributed by atoms with Crippen molar-refractivity contribution in [2.45, 2.75) is 26.8 Å². The third kappa shape index (κ3) is 3.20. The summed E-state index contributed by atoms with van der Waals surface area (Å²) in [6.45, 7) is 4.76. The van der Waals surface area contributed by atoms with Crippen molar-refractivity contribution < 1.29 is 9.47 Å². The lowest BCUT2D eigenvalue weighted by Gasteiger charge is -2.25. The molecule has 0 spiro atoms. The van der Waals surface area contributed by atoms with Crippen LogP contribution in [0.15, 0.2) is 54.6 Å². The van der Waals surface area contributed by atoms with Crippen LogP contribution in [0.4, 0.5) is 0 Å². The maximum Gasteiger partial charge on any atom is 0.161 e. The fourth-order valence-corrected chi connectivity index (χ4v) is 5.06. The number of nitrogens with one attached hydrogen (secondary N) is 1. The van der Waals surface area contributed by atoms with E-state index in [2.05, 4.69) is 48.7 Å². The third-order valence-corrected chi connectivity index (χ3v) is 6.69. The van der Waals surface area contributed by atoms with Crippen LogP contribution >= 0.6 is 0 Å². The van der Waals surface area contributed by atoms with Crippen LogP contribution in [0.25, 0.3) is 28.1 Å². The largest absolute Gasteiger partial charge is 0.493 e. The van der Waals surface area contributed by atoms with E-state index in [-0.39, 0.29) is 5.49 Å². The standard InChI is InChI=1S/C28H26N4O2/c1-17-12-21(18(2)32(17)20-8-6-5-7-9-20)23-14-25-22-15-27(34-4)26(33-3)13-19(22)10-11-31(25)28(30)24(23)16-29/h5-9,12-15,30H,10-11H2,1-4H3. The van der Waals surface area contributed by atoms with Gasteiger partial charge in [0.1, 0.15) is 17.1 Å². The Kier molecular flexibility index (Phi) is 5.25. The molecule has 1 N–H and O–H groups in total. The molecule has 6 heteroatoms. The number of fused-ring (bicyclic) bond motifs is 3. The average molecular weight is 451 g/mol. The molecule has 4 aromatic rings. The first kappa shape index (κ1) is 21.6. The Bertz CT molecular complexity index is 1520. The van der Waals surface area contributed by atoms with Gasteiger partial charge in [-0.3, -0.25) is 5.41 Å². The number of hydrogen-bond donors (Lipinski definition) is 1. The van der Waals surface area contributed by atoms with Crippen molar-refractivity contribution in [2.24, 2.45) is 0 Å². The number of nitrogens with zero attached hydrogens (tertiary/aromatic N) is 3. The molecule has 0 fully saturated rings. The van der Waals surface area contributed by atoms with Crippen LogP contribution < -0.4 is 15.0 Å². The van der Waals surface area contributed by atoms with Crippen molar-refractivity contribution in [3.63, 3.8) is 0 Å². The fourth-order valence-electron chi connectivity index (χ4n) is 5.06. The predicted octanol–water partition coefficient (Wildman–Crippen LogP) is 5.15. The summed E-state index contributed by atoms with van der Waals surface area (Å²) in [5, 5.41) is 19.0. The Labute approximate surface area is 198 Å². The third-order valence-electron chi connectivity index (χ3n) is 6.69. The molecule has 0 atom stereocenters. The van der Waals surface area contributed by atoms with Crippen molar-refractivity contribution in [3.05, 3.63) is 82.6 Å². The second-order valence-electron chi connectivity index (χ2n) is 8.50. The van der Waals surface area contributed by atoms with E-state index in [1.165, 1.54) is 0 Å².